The lowest BCUT2D eigenvalue weighted by molar-refractivity contribution is 0.0697. The first kappa shape index (κ1) is 13.0. The number of carboxylic acids is 1. The van der Waals surface area contributed by atoms with Crippen molar-refractivity contribution in [1.82, 2.24) is 9.36 Å². The van der Waals surface area contributed by atoms with Gasteiger partial charge in [0.05, 0.1) is 12.2 Å². The summed E-state index contributed by atoms with van der Waals surface area (Å²) in [4.78, 5) is 16.6. The Labute approximate surface area is 113 Å². The minimum Gasteiger partial charge on any atom is -0.478 e. The van der Waals surface area contributed by atoms with Gasteiger partial charge >= 0.3 is 5.97 Å². The summed E-state index contributed by atoms with van der Waals surface area (Å²) >= 11 is 2.81. The fourth-order valence-electron chi connectivity index (χ4n) is 1.49. The molecule has 0 spiro atoms. The maximum atomic E-state index is 11.1. The second-order valence-corrected chi connectivity index (χ2v) is 5.68. The zero-order valence-electron chi connectivity index (χ0n) is 10.1. The molecular weight excluding hydrogens is 270 g/mol. The largest absolute Gasteiger partial charge is 0.478 e. The Morgan fingerprint density at radius 2 is 2.33 bits per heavy atom. The highest BCUT2D eigenvalue weighted by Crippen LogP contribution is 2.25. The smallest absolute Gasteiger partial charge is 0.340 e. The first-order valence-electron chi connectivity index (χ1n) is 5.48. The molecule has 0 bridgehead atoms. The van der Waals surface area contributed by atoms with E-state index >= 15 is 0 Å². The fraction of sp³-hybridized carbons (Fsp3) is 0.364. The van der Waals surface area contributed by atoms with Gasteiger partial charge < -0.3 is 10.4 Å². The van der Waals surface area contributed by atoms with E-state index in [9.17, 15) is 4.79 Å². The van der Waals surface area contributed by atoms with E-state index in [1.54, 1.807) is 18.3 Å². The van der Waals surface area contributed by atoms with Gasteiger partial charge in [0.1, 0.15) is 15.6 Å². The maximum absolute atomic E-state index is 11.1. The third kappa shape index (κ3) is 2.68. The van der Waals surface area contributed by atoms with E-state index in [-0.39, 0.29) is 5.56 Å². The van der Waals surface area contributed by atoms with E-state index in [2.05, 4.69) is 21.6 Å². The normalized spacial score (nSPS) is 10.6. The van der Waals surface area contributed by atoms with Crippen LogP contribution in [0, 0.1) is 6.92 Å². The summed E-state index contributed by atoms with van der Waals surface area (Å²) in [6.45, 7) is 4.32. The summed E-state index contributed by atoms with van der Waals surface area (Å²) in [6.07, 6.45) is 2.83. The number of aromatic carboxylic acids is 1. The summed E-state index contributed by atoms with van der Waals surface area (Å²) in [5.74, 6) is -0.947. The number of aryl methyl sites for hydroxylation is 2. The van der Waals surface area contributed by atoms with E-state index < -0.39 is 5.97 Å². The molecule has 7 heteroatoms. The van der Waals surface area contributed by atoms with Gasteiger partial charge in [-0.15, -0.1) is 11.3 Å². The van der Waals surface area contributed by atoms with Crippen molar-refractivity contribution in [3.05, 3.63) is 27.3 Å². The highest BCUT2D eigenvalue weighted by molar-refractivity contribution is 7.11. The summed E-state index contributed by atoms with van der Waals surface area (Å²) < 4.78 is 4.05. The molecule has 0 aliphatic heterocycles. The number of aromatic nitrogens is 2. The van der Waals surface area contributed by atoms with Crippen LogP contribution < -0.4 is 5.32 Å². The number of nitrogens with one attached hydrogen (secondary N) is 1. The minimum absolute atomic E-state index is 0.257. The highest BCUT2D eigenvalue weighted by atomic mass is 32.1. The molecule has 0 saturated heterocycles. The molecule has 0 fully saturated rings. The monoisotopic (exact) mass is 283 g/mol. The first-order chi connectivity index (χ1) is 8.61. The molecular formula is C11H13N3O2S2. The van der Waals surface area contributed by atoms with Gasteiger partial charge in [-0.2, -0.15) is 4.37 Å². The second-order valence-electron chi connectivity index (χ2n) is 3.70. The van der Waals surface area contributed by atoms with Gasteiger partial charge in [0.15, 0.2) is 0 Å². The molecule has 2 aromatic heterocycles. The Morgan fingerprint density at radius 1 is 1.56 bits per heavy atom. The summed E-state index contributed by atoms with van der Waals surface area (Å²) in [5.41, 5.74) is 0.802. The standard InChI is InChI=1S/C11H13N3O2S2/c1-3-7-4-12-8(17-7)5-13-10-9(11(15)16)6(2)14-18-10/h4,13H,3,5H2,1-2H3,(H,15,16). The number of hydrogen-bond donors (Lipinski definition) is 2. The van der Waals surface area contributed by atoms with Crippen LogP contribution in [0.5, 0.6) is 0 Å². The molecule has 0 aliphatic carbocycles. The molecule has 18 heavy (non-hydrogen) atoms. The van der Waals surface area contributed by atoms with Gasteiger partial charge in [0.25, 0.3) is 0 Å². The summed E-state index contributed by atoms with van der Waals surface area (Å²) in [5, 5.41) is 13.7. The van der Waals surface area contributed by atoms with Crippen LogP contribution in [0.2, 0.25) is 0 Å². The third-order valence-corrected chi connectivity index (χ3v) is 4.46. The molecule has 0 unspecified atom stereocenters. The van der Waals surface area contributed by atoms with E-state index in [1.165, 1.54) is 16.4 Å². The molecule has 2 rings (SSSR count). The first-order valence-corrected chi connectivity index (χ1v) is 7.07. The van der Waals surface area contributed by atoms with E-state index in [0.717, 1.165) is 11.4 Å². The van der Waals surface area contributed by atoms with Crippen LogP contribution in [-0.4, -0.2) is 20.4 Å². The average molecular weight is 283 g/mol. The highest BCUT2D eigenvalue weighted by Gasteiger charge is 2.17. The lowest BCUT2D eigenvalue weighted by Crippen LogP contribution is -2.04. The Morgan fingerprint density at radius 3 is 2.94 bits per heavy atom. The van der Waals surface area contributed by atoms with Crippen LogP contribution in [0.15, 0.2) is 6.20 Å². The van der Waals surface area contributed by atoms with Crippen LogP contribution in [0.25, 0.3) is 0 Å². The van der Waals surface area contributed by atoms with Crippen LogP contribution in [0.4, 0.5) is 5.00 Å². The topological polar surface area (TPSA) is 75.1 Å². The molecule has 2 aromatic rings. The number of anilines is 1. The van der Waals surface area contributed by atoms with E-state index in [4.69, 9.17) is 5.11 Å². The number of carbonyl (C=O) groups is 1. The van der Waals surface area contributed by atoms with E-state index in [1.807, 2.05) is 6.20 Å². The molecule has 2 N–H and O–H groups in total. The predicted molar refractivity (Wildman–Crippen MR) is 72.6 cm³/mol. The van der Waals surface area contributed by atoms with Crippen molar-refractivity contribution >= 4 is 33.8 Å². The Hall–Kier alpha value is -1.47. The quantitative estimate of drug-likeness (QED) is 0.882. The van der Waals surface area contributed by atoms with Crippen LogP contribution >= 0.6 is 22.9 Å². The van der Waals surface area contributed by atoms with Crippen molar-refractivity contribution in [1.29, 1.82) is 0 Å². The molecule has 96 valence electrons. The molecule has 0 aromatic carbocycles. The number of hydrogen-bond acceptors (Lipinski definition) is 6. The van der Waals surface area contributed by atoms with Crippen LogP contribution in [0.1, 0.15) is 32.9 Å². The van der Waals surface area contributed by atoms with Crippen molar-refractivity contribution < 1.29 is 9.90 Å². The summed E-state index contributed by atoms with van der Waals surface area (Å²) in [7, 11) is 0. The fourth-order valence-corrected chi connectivity index (χ4v) is 3.08. The SMILES string of the molecule is CCc1cnc(CNc2snc(C)c2C(=O)O)s1. The van der Waals surface area contributed by atoms with Gasteiger partial charge in [0.2, 0.25) is 0 Å². The zero-order chi connectivity index (χ0) is 13.1. The van der Waals surface area contributed by atoms with Gasteiger partial charge in [-0.3, -0.25) is 0 Å². The maximum Gasteiger partial charge on any atom is 0.340 e. The van der Waals surface area contributed by atoms with Crippen molar-refractivity contribution in [2.75, 3.05) is 5.32 Å². The molecule has 2 heterocycles. The molecule has 0 atom stereocenters. The molecule has 0 saturated carbocycles. The van der Waals surface area contributed by atoms with Gasteiger partial charge in [-0.25, -0.2) is 9.78 Å². The Kier molecular flexibility index (Phi) is 3.93. The number of thiazole rings is 1. The number of carboxylic acid groups (broad SMARTS) is 1. The van der Waals surface area contributed by atoms with Crippen molar-refractivity contribution in [3.8, 4) is 0 Å². The van der Waals surface area contributed by atoms with Gasteiger partial charge in [-0.1, -0.05) is 6.92 Å². The van der Waals surface area contributed by atoms with Gasteiger partial charge in [0, 0.05) is 11.1 Å². The Bertz CT molecular complexity index is 562. The Balaban J connectivity index is 2.08. The number of rotatable bonds is 5. The zero-order valence-corrected chi connectivity index (χ0v) is 11.7. The van der Waals surface area contributed by atoms with Crippen molar-refractivity contribution in [2.24, 2.45) is 0 Å². The molecule has 0 radical (unpaired) electrons. The lowest BCUT2D eigenvalue weighted by atomic mass is 10.2. The predicted octanol–water partition coefficient (Wildman–Crippen LogP) is 2.78. The molecule has 5 nitrogen and oxygen atoms in total. The lowest BCUT2D eigenvalue weighted by Gasteiger charge is -2.01. The van der Waals surface area contributed by atoms with E-state index in [0.29, 0.717) is 17.2 Å². The van der Waals surface area contributed by atoms with Gasteiger partial charge in [-0.05, 0) is 24.9 Å². The average Bonchev–Trinajstić information content (AvgIpc) is 2.92. The number of nitrogens with zero attached hydrogens (tertiary/aromatic N) is 2. The molecule has 0 amide bonds. The molecule has 0 aliphatic rings. The van der Waals surface area contributed by atoms with Crippen molar-refractivity contribution in [3.63, 3.8) is 0 Å². The third-order valence-electron chi connectivity index (χ3n) is 2.43. The minimum atomic E-state index is -0.947. The summed E-state index contributed by atoms with van der Waals surface area (Å²) in [6, 6.07) is 0. The second kappa shape index (κ2) is 5.45. The van der Waals surface area contributed by atoms with Crippen LogP contribution in [-0.2, 0) is 13.0 Å². The van der Waals surface area contributed by atoms with Crippen molar-refractivity contribution in [2.45, 2.75) is 26.8 Å². The van der Waals surface area contributed by atoms with Crippen LogP contribution in [0.3, 0.4) is 0 Å².